The van der Waals surface area contributed by atoms with Crippen LogP contribution >= 0.6 is 0 Å². The van der Waals surface area contributed by atoms with Crippen molar-refractivity contribution in [2.45, 2.75) is 51.4 Å². The average molecular weight is 246 g/mol. The van der Waals surface area contributed by atoms with Gasteiger partial charge in [-0.1, -0.05) is 44.9 Å². The highest BCUT2D eigenvalue weighted by atomic mass is 28.3. The van der Waals surface area contributed by atoms with Gasteiger partial charge in [-0.25, -0.2) is 0 Å². The van der Waals surface area contributed by atoms with Crippen LogP contribution in [0.2, 0.25) is 0 Å². The predicted molar refractivity (Wildman–Crippen MR) is 67.5 cm³/mol. The van der Waals surface area contributed by atoms with Crippen molar-refractivity contribution in [1.29, 1.82) is 0 Å². The lowest BCUT2D eigenvalue weighted by Crippen LogP contribution is -2.24. The molecule has 1 rings (SSSR count). The van der Waals surface area contributed by atoms with Crippen molar-refractivity contribution in [1.82, 2.24) is 0 Å². The molecule has 4 heteroatoms. The van der Waals surface area contributed by atoms with Crippen molar-refractivity contribution < 1.29 is 13.3 Å². The van der Waals surface area contributed by atoms with Gasteiger partial charge in [0.15, 0.2) is 0 Å². The van der Waals surface area contributed by atoms with Gasteiger partial charge in [0.1, 0.15) is 0 Å². The molecular formula is C12H26O3Si. The molecule has 0 N–H and O–H groups in total. The Morgan fingerprint density at radius 2 is 1.69 bits per heavy atom. The van der Waals surface area contributed by atoms with Crippen molar-refractivity contribution in [2.75, 3.05) is 20.8 Å². The van der Waals surface area contributed by atoms with E-state index in [1.807, 2.05) is 0 Å². The van der Waals surface area contributed by atoms with Crippen molar-refractivity contribution in [3.8, 4) is 0 Å². The van der Waals surface area contributed by atoms with E-state index in [0.29, 0.717) is 0 Å². The number of unbranched alkanes of at least 4 members (excludes halogenated alkanes) is 1. The molecule has 1 fully saturated rings. The van der Waals surface area contributed by atoms with Crippen LogP contribution in [-0.2, 0) is 13.3 Å². The molecule has 0 heterocycles. The zero-order valence-corrected chi connectivity index (χ0v) is 11.9. The molecule has 0 aliphatic heterocycles. The summed E-state index contributed by atoms with van der Waals surface area (Å²) in [6.07, 6.45) is 11.1. The molecule has 0 atom stereocenters. The van der Waals surface area contributed by atoms with Gasteiger partial charge in [0, 0.05) is 20.8 Å². The summed E-state index contributed by atoms with van der Waals surface area (Å²) in [6.45, 7) is 0.797. The molecule has 0 amide bonds. The lowest BCUT2D eigenvalue weighted by atomic mass is 9.86. The Bertz CT molecular complexity index is 156. The first-order chi connectivity index (χ1) is 7.86. The molecule has 1 aliphatic carbocycles. The Balaban J connectivity index is 1.90. The molecule has 0 aromatic heterocycles. The maximum Gasteiger partial charge on any atom is 0.483 e. The summed E-state index contributed by atoms with van der Waals surface area (Å²) in [5.74, 6) is 0.992. The van der Waals surface area contributed by atoms with E-state index >= 15 is 0 Å². The number of hydrogen-bond acceptors (Lipinski definition) is 3. The zero-order chi connectivity index (χ0) is 11.6. The topological polar surface area (TPSA) is 27.7 Å². The summed E-state index contributed by atoms with van der Waals surface area (Å²) in [6, 6.07) is 0. The smallest absolute Gasteiger partial charge is 0.379 e. The minimum Gasteiger partial charge on any atom is -0.379 e. The molecule has 0 radical (unpaired) electrons. The van der Waals surface area contributed by atoms with Crippen LogP contribution in [-0.4, -0.2) is 30.4 Å². The molecule has 1 saturated carbocycles. The SMILES string of the molecule is CO[SiH](OC)OCCCCC1CCCCC1. The van der Waals surface area contributed by atoms with E-state index in [4.69, 9.17) is 13.3 Å². The Labute approximate surface area is 101 Å². The minimum atomic E-state index is -1.77. The highest BCUT2D eigenvalue weighted by Gasteiger charge is 2.13. The van der Waals surface area contributed by atoms with Gasteiger partial charge in [-0.05, 0) is 12.3 Å². The minimum absolute atomic E-state index is 0.797. The van der Waals surface area contributed by atoms with Gasteiger partial charge < -0.3 is 13.3 Å². The average Bonchev–Trinajstić information content (AvgIpc) is 2.35. The van der Waals surface area contributed by atoms with Crippen molar-refractivity contribution in [3.05, 3.63) is 0 Å². The lowest BCUT2D eigenvalue weighted by Gasteiger charge is -2.21. The molecule has 96 valence electrons. The summed E-state index contributed by atoms with van der Waals surface area (Å²) in [5, 5.41) is 0. The molecule has 0 bridgehead atoms. The summed E-state index contributed by atoms with van der Waals surface area (Å²) in [7, 11) is 1.54. The third-order valence-electron chi connectivity index (χ3n) is 3.37. The number of rotatable bonds is 8. The van der Waals surface area contributed by atoms with Crippen LogP contribution in [0.15, 0.2) is 0 Å². The molecule has 0 aromatic carbocycles. The second kappa shape index (κ2) is 9.16. The van der Waals surface area contributed by atoms with E-state index in [1.165, 1.54) is 44.9 Å². The van der Waals surface area contributed by atoms with Crippen molar-refractivity contribution in [2.24, 2.45) is 5.92 Å². The van der Waals surface area contributed by atoms with E-state index in [1.54, 1.807) is 14.2 Å². The monoisotopic (exact) mass is 246 g/mol. The third kappa shape index (κ3) is 5.99. The largest absolute Gasteiger partial charge is 0.483 e. The van der Waals surface area contributed by atoms with E-state index < -0.39 is 9.53 Å². The molecule has 16 heavy (non-hydrogen) atoms. The summed E-state index contributed by atoms with van der Waals surface area (Å²) >= 11 is 0. The van der Waals surface area contributed by atoms with Crippen molar-refractivity contribution >= 4 is 9.53 Å². The van der Waals surface area contributed by atoms with Crippen LogP contribution in [0.1, 0.15) is 51.4 Å². The number of hydrogen-bond donors (Lipinski definition) is 0. The lowest BCUT2D eigenvalue weighted by molar-refractivity contribution is 0.132. The highest BCUT2D eigenvalue weighted by molar-refractivity contribution is 6.36. The van der Waals surface area contributed by atoms with Crippen molar-refractivity contribution in [3.63, 3.8) is 0 Å². The summed E-state index contributed by atoms with van der Waals surface area (Å²) < 4.78 is 15.7. The predicted octanol–water partition coefficient (Wildman–Crippen LogP) is 2.76. The standard InChI is InChI=1S/C12H26O3Si/c1-13-16(14-2)15-11-7-6-10-12-8-4-3-5-9-12/h12,16H,3-11H2,1-2H3. The van der Waals surface area contributed by atoms with Gasteiger partial charge >= 0.3 is 9.53 Å². The maximum absolute atomic E-state index is 5.52. The molecule has 0 unspecified atom stereocenters. The quantitative estimate of drug-likeness (QED) is 0.487. The molecule has 0 spiro atoms. The first kappa shape index (κ1) is 14.2. The van der Waals surface area contributed by atoms with Crippen LogP contribution < -0.4 is 0 Å². The zero-order valence-electron chi connectivity index (χ0n) is 10.7. The van der Waals surface area contributed by atoms with E-state index in [9.17, 15) is 0 Å². The molecule has 0 saturated heterocycles. The molecular weight excluding hydrogens is 220 g/mol. The second-order valence-corrected chi connectivity index (χ2v) is 6.48. The fourth-order valence-electron chi connectivity index (χ4n) is 2.42. The van der Waals surface area contributed by atoms with E-state index in [2.05, 4.69) is 0 Å². The van der Waals surface area contributed by atoms with Gasteiger partial charge in [0.05, 0.1) is 0 Å². The Kier molecular flexibility index (Phi) is 8.11. The van der Waals surface area contributed by atoms with Gasteiger partial charge in [-0.15, -0.1) is 0 Å². The normalized spacial score (nSPS) is 18.2. The highest BCUT2D eigenvalue weighted by Crippen LogP contribution is 2.27. The molecule has 1 aliphatic rings. The Hall–Kier alpha value is 0.0969. The van der Waals surface area contributed by atoms with Crippen LogP contribution in [0.3, 0.4) is 0 Å². The first-order valence-corrected chi connectivity index (χ1v) is 7.95. The van der Waals surface area contributed by atoms with Gasteiger partial charge in [-0.3, -0.25) is 0 Å². The van der Waals surface area contributed by atoms with Crippen LogP contribution in [0.4, 0.5) is 0 Å². The van der Waals surface area contributed by atoms with Gasteiger partial charge in [0.25, 0.3) is 0 Å². The Morgan fingerprint density at radius 1 is 1.00 bits per heavy atom. The summed E-state index contributed by atoms with van der Waals surface area (Å²) in [4.78, 5) is 0. The van der Waals surface area contributed by atoms with Crippen LogP contribution in [0, 0.1) is 5.92 Å². The van der Waals surface area contributed by atoms with Gasteiger partial charge in [0.2, 0.25) is 0 Å². The second-order valence-electron chi connectivity index (χ2n) is 4.63. The fourth-order valence-corrected chi connectivity index (χ4v) is 3.25. The summed E-state index contributed by atoms with van der Waals surface area (Å²) in [5.41, 5.74) is 0. The van der Waals surface area contributed by atoms with E-state index in [-0.39, 0.29) is 0 Å². The van der Waals surface area contributed by atoms with E-state index in [0.717, 1.165) is 18.9 Å². The molecule has 0 aromatic rings. The van der Waals surface area contributed by atoms with Gasteiger partial charge in [-0.2, -0.15) is 0 Å². The first-order valence-electron chi connectivity index (χ1n) is 6.54. The third-order valence-corrected chi connectivity index (χ3v) is 4.65. The molecule has 3 nitrogen and oxygen atoms in total. The Morgan fingerprint density at radius 3 is 2.31 bits per heavy atom. The fraction of sp³-hybridized carbons (Fsp3) is 1.00. The van der Waals surface area contributed by atoms with Crippen LogP contribution in [0.5, 0.6) is 0 Å². The van der Waals surface area contributed by atoms with Crippen LogP contribution in [0.25, 0.3) is 0 Å². The maximum atomic E-state index is 5.52.